The first-order valence-corrected chi connectivity index (χ1v) is 8.11. The zero-order valence-corrected chi connectivity index (χ0v) is 13.9. The van der Waals surface area contributed by atoms with Gasteiger partial charge >= 0.3 is 5.97 Å². The van der Waals surface area contributed by atoms with E-state index in [1.165, 1.54) is 12.1 Å². The molecule has 0 aromatic heterocycles. The van der Waals surface area contributed by atoms with E-state index in [1.807, 2.05) is 0 Å². The smallest absolute Gasteiger partial charge is 0.306 e. The molecule has 0 bridgehead atoms. The van der Waals surface area contributed by atoms with Crippen molar-refractivity contribution < 1.29 is 19.6 Å². The molecule has 8 heteroatoms. The molecule has 7 nitrogen and oxygen atoms in total. The number of carbonyl (C=O) groups excluding carboxylic acids is 1. The van der Waals surface area contributed by atoms with Crippen LogP contribution in [0.2, 0.25) is 0 Å². The molecule has 0 unspecified atom stereocenters. The molecule has 1 aliphatic carbocycles. The third-order valence-corrected chi connectivity index (χ3v) is 4.78. The Hall–Kier alpha value is -1.96. The molecule has 124 valence electrons. The molecule has 0 spiro atoms. The summed E-state index contributed by atoms with van der Waals surface area (Å²) in [6.45, 7) is 0. The third-order valence-electron chi connectivity index (χ3n) is 4.04. The molecule has 2 N–H and O–H groups in total. The van der Waals surface area contributed by atoms with Crippen molar-refractivity contribution in [2.24, 2.45) is 5.92 Å². The molecule has 23 heavy (non-hydrogen) atoms. The lowest BCUT2D eigenvalue weighted by Crippen LogP contribution is -2.39. The molecule has 0 aliphatic heterocycles. The maximum atomic E-state index is 12.1. The van der Waals surface area contributed by atoms with Gasteiger partial charge in [0.2, 0.25) is 5.91 Å². The number of nitro benzene ring substituents is 1. The summed E-state index contributed by atoms with van der Waals surface area (Å²) in [7, 11) is 0. The molecule has 0 heterocycles. The average molecular weight is 385 g/mol. The summed E-state index contributed by atoms with van der Waals surface area (Å²) >= 11 is 3.24. The fourth-order valence-electron chi connectivity index (χ4n) is 2.73. The van der Waals surface area contributed by atoms with Gasteiger partial charge in [0.25, 0.3) is 5.69 Å². The van der Waals surface area contributed by atoms with Crippen LogP contribution in [-0.4, -0.2) is 27.9 Å². The van der Waals surface area contributed by atoms with E-state index in [4.69, 9.17) is 5.11 Å². The van der Waals surface area contributed by atoms with Crippen molar-refractivity contribution in [2.45, 2.75) is 38.1 Å². The molecule has 1 aromatic rings. The molecular weight excluding hydrogens is 368 g/mol. The summed E-state index contributed by atoms with van der Waals surface area (Å²) in [4.78, 5) is 33.2. The van der Waals surface area contributed by atoms with Gasteiger partial charge in [-0.1, -0.05) is 22.0 Å². The number of non-ortho nitro benzene ring substituents is 1. The minimum atomic E-state index is -0.774. The van der Waals surface area contributed by atoms with Gasteiger partial charge in [0.1, 0.15) is 0 Å². The summed E-state index contributed by atoms with van der Waals surface area (Å²) in [5.41, 5.74) is 0.639. The highest BCUT2D eigenvalue weighted by atomic mass is 79.9. The third kappa shape index (κ3) is 4.75. The Bertz CT molecular complexity index is 626. The van der Waals surface area contributed by atoms with Crippen LogP contribution in [0, 0.1) is 16.0 Å². The van der Waals surface area contributed by atoms with Crippen LogP contribution in [0.3, 0.4) is 0 Å². The van der Waals surface area contributed by atoms with E-state index in [2.05, 4.69) is 21.2 Å². The van der Waals surface area contributed by atoms with Gasteiger partial charge in [-0.25, -0.2) is 0 Å². The van der Waals surface area contributed by atoms with Crippen molar-refractivity contribution in [3.8, 4) is 0 Å². The van der Waals surface area contributed by atoms with Gasteiger partial charge < -0.3 is 10.4 Å². The van der Waals surface area contributed by atoms with Crippen LogP contribution >= 0.6 is 15.9 Å². The number of aliphatic carboxylic acids is 1. The number of hydrogen-bond acceptors (Lipinski definition) is 4. The second-order valence-electron chi connectivity index (χ2n) is 5.66. The predicted octanol–water partition coefficient (Wildman–Crippen LogP) is 2.66. The fraction of sp³-hybridized carbons (Fsp3) is 0.467. The maximum absolute atomic E-state index is 12.1. The van der Waals surface area contributed by atoms with Crippen LogP contribution in [0.15, 0.2) is 22.7 Å². The number of nitro groups is 1. The van der Waals surface area contributed by atoms with Crippen molar-refractivity contribution in [3.05, 3.63) is 38.3 Å². The van der Waals surface area contributed by atoms with Gasteiger partial charge in [0.15, 0.2) is 0 Å². The van der Waals surface area contributed by atoms with E-state index in [0.29, 0.717) is 35.7 Å². The lowest BCUT2D eigenvalue weighted by molar-refractivity contribution is -0.384. The Kier molecular flexibility index (Phi) is 5.70. The Labute approximate surface area is 141 Å². The summed E-state index contributed by atoms with van der Waals surface area (Å²) in [6.07, 6.45) is 2.58. The topological polar surface area (TPSA) is 110 Å². The molecule has 0 saturated heterocycles. The number of benzene rings is 1. The van der Waals surface area contributed by atoms with Crippen LogP contribution in [0.4, 0.5) is 5.69 Å². The zero-order chi connectivity index (χ0) is 17.0. The summed E-state index contributed by atoms with van der Waals surface area (Å²) < 4.78 is 0.524. The van der Waals surface area contributed by atoms with Gasteiger partial charge in [0.05, 0.1) is 17.3 Å². The lowest BCUT2D eigenvalue weighted by atomic mass is 9.86. The number of amides is 1. The number of rotatable bonds is 5. The molecule has 1 saturated carbocycles. The standard InChI is InChI=1S/C15H17BrN2O5/c16-13-8-12(18(22)23)6-3-10(13)7-14(19)17-11-4-1-9(2-5-11)15(20)21/h3,6,8-9,11H,1-2,4-5,7H2,(H,17,19)(H,20,21). The predicted molar refractivity (Wildman–Crippen MR) is 86.0 cm³/mol. The second kappa shape index (κ2) is 7.54. The molecule has 0 radical (unpaired) electrons. The van der Waals surface area contributed by atoms with Crippen molar-refractivity contribution in [2.75, 3.05) is 0 Å². The largest absolute Gasteiger partial charge is 0.481 e. The number of nitrogens with one attached hydrogen (secondary N) is 1. The van der Waals surface area contributed by atoms with Crippen molar-refractivity contribution >= 4 is 33.5 Å². The van der Waals surface area contributed by atoms with Gasteiger partial charge in [-0.15, -0.1) is 0 Å². The van der Waals surface area contributed by atoms with Gasteiger partial charge in [-0.3, -0.25) is 19.7 Å². The van der Waals surface area contributed by atoms with E-state index in [0.717, 1.165) is 0 Å². The van der Waals surface area contributed by atoms with E-state index >= 15 is 0 Å². The van der Waals surface area contributed by atoms with Gasteiger partial charge in [0, 0.05) is 22.6 Å². The highest BCUT2D eigenvalue weighted by molar-refractivity contribution is 9.10. The summed E-state index contributed by atoms with van der Waals surface area (Å²) in [5, 5.41) is 22.5. The SMILES string of the molecule is O=C(Cc1ccc([N+](=O)[O-])cc1Br)NC1CCC(C(=O)O)CC1. The first-order chi connectivity index (χ1) is 10.9. The van der Waals surface area contributed by atoms with E-state index in [9.17, 15) is 19.7 Å². The van der Waals surface area contributed by atoms with E-state index in [-0.39, 0.29) is 30.0 Å². The number of carboxylic acid groups (broad SMARTS) is 1. The number of halogens is 1. The van der Waals surface area contributed by atoms with Crippen molar-refractivity contribution in [3.63, 3.8) is 0 Å². The van der Waals surface area contributed by atoms with Crippen molar-refractivity contribution in [1.29, 1.82) is 0 Å². The Morgan fingerprint density at radius 1 is 1.30 bits per heavy atom. The molecule has 1 fully saturated rings. The van der Waals surface area contributed by atoms with Crippen LogP contribution in [-0.2, 0) is 16.0 Å². The maximum Gasteiger partial charge on any atom is 0.306 e. The number of hydrogen-bond donors (Lipinski definition) is 2. The first-order valence-electron chi connectivity index (χ1n) is 7.32. The normalized spacial score (nSPS) is 20.7. The number of nitrogens with zero attached hydrogens (tertiary/aromatic N) is 1. The van der Waals surface area contributed by atoms with E-state index in [1.54, 1.807) is 6.07 Å². The van der Waals surface area contributed by atoms with Crippen LogP contribution in [0.1, 0.15) is 31.2 Å². The molecule has 1 aliphatic rings. The van der Waals surface area contributed by atoms with Crippen molar-refractivity contribution in [1.82, 2.24) is 5.32 Å². The summed E-state index contributed by atoms with van der Waals surface area (Å²) in [5.74, 6) is -1.25. The highest BCUT2D eigenvalue weighted by Crippen LogP contribution is 2.25. The second-order valence-corrected chi connectivity index (χ2v) is 6.52. The van der Waals surface area contributed by atoms with E-state index < -0.39 is 10.9 Å². The monoisotopic (exact) mass is 384 g/mol. The fourth-order valence-corrected chi connectivity index (χ4v) is 3.24. The van der Waals surface area contributed by atoms with Gasteiger partial charge in [-0.2, -0.15) is 0 Å². The minimum Gasteiger partial charge on any atom is -0.481 e. The Morgan fingerprint density at radius 3 is 2.48 bits per heavy atom. The molecule has 0 atom stereocenters. The molecule has 1 amide bonds. The first kappa shape index (κ1) is 17.4. The van der Waals surface area contributed by atoms with Gasteiger partial charge in [-0.05, 0) is 31.2 Å². The van der Waals surface area contributed by atoms with Crippen LogP contribution in [0.5, 0.6) is 0 Å². The summed E-state index contributed by atoms with van der Waals surface area (Å²) in [6, 6.07) is 4.30. The average Bonchev–Trinajstić information content (AvgIpc) is 2.49. The number of carbonyl (C=O) groups is 2. The molecule has 2 rings (SSSR count). The molecule has 1 aromatic carbocycles. The Morgan fingerprint density at radius 2 is 1.96 bits per heavy atom. The zero-order valence-electron chi connectivity index (χ0n) is 12.3. The van der Waals surface area contributed by atoms with Crippen LogP contribution in [0.25, 0.3) is 0 Å². The molecular formula is C15H17BrN2O5. The minimum absolute atomic E-state index is 0.00470. The highest BCUT2D eigenvalue weighted by Gasteiger charge is 2.26. The quantitative estimate of drug-likeness (QED) is 0.598. The number of carboxylic acids is 1. The lowest BCUT2D eigenvalue weighted by Gasteiger charge is -2.26. The Balaban J connectivity index is 1.88. The van der Waals surface area contributed by atoms with Crippen LogP contribution < -0.4 is 5.32 Å².